The van der Waals surface area contributed by atoms with Crippen molar-refractivity contribution >= 4 is 5.91 Å². The smallest absolute Gasteiger partial charge is 0.220 e. The molecule has 1 amide bonds. The minimum absolute atomic E-state index is 0.0553. The Balaban J connectivity index is 1.86. The Morgan fingerprint density at radius 3 is 2.35 bits per heavy atom. The molecule has 1 aromatic heterocycles. The van der Waals surface area contributed by atoms with Gasteiger partial charge in [-0.2, -0.15) is 0 Å². The van der Waals surface area contributed by atoms with Gasteiger partial charge in [0.2, 0.25) is 11.8 Å². The van der Waals surface area contributed by atoms with E-state index in [0.717, 1.165) is 17.0 Å². The molecule has 0 saturated heterocycles. The topological polar surface area (TPSA) is 73.6 Å². The molecule has 124 valence electrons. The fourth-order valence-electron chi connectivity index (χ4n) is 2.15. The van der Waals surface area contributed by atoms with Gasteiger partial charge < -0.3 is 19.2 Å². The number of carbonyl (C=O) groups excluding carboxylic acids is 1. The van der Waals surface area contributed by atoms with Gasteiger partial charge in [0.05, 0.1) is 26.5 Å². The molecular weight excluding hydrogens is 296 g/mol. The fourth-order valence-corrected chi connectivity index (χ4v) is 2.15. The van der Waals surface area contributed by atoms with Gasteiger partial charge in [0.1, 0.15) is 17.3 Å². The molecule has 0 bridgehead atoms. The highest BCUT2D eigenvalue weighted by Gasteiger charge is 2.09. The van der Waals surface area contributed by atoms with Crippen molar-refractivity contribution in [3.05, 3.63) is 41.1 Å². The summed E-state index contributed by atoms with van der Waals surface area (Å²) in [5.41, 5.74) is 1.83. The van der Waals surface area contributed by atoms with Gasteiger partial charge in [0.25, 0.3) is 0 Å². The van der Waals surface area contributed by atoms with Crippen molar-refractivity contribution in [3.63, 3.8) is 0 Å². The molecule has 0 aliphatic carbocycles. The number of oxazole rings is 1. The van der Waals surface area contributed by atoms with Crippen LogP contribution >= 0.6 is 0 Å². The van der Waals surface area contributed by atoms with Crippen LogP contribution in [0.4, 0.5) is 0 Å². The lowest BCUT2D eigenvalue weighted by molar-refractivity contribution is -0.121. The van der Waals surface area contributed by atoms with E-state index < -0.39 is 0 Å². The second-order valence-electron chi connectivity index (χ2n) is 5.25. The largest absolute Gasteiger partial charge is 0.497 e. The predicted molar refractivity (Wildman–Crippen MR) is 85.7 cm³/mol. The van der Waals surface area contributed by atoms with E-state index in [9.17, 15) is 4.79 Å². The van der Waals surface area contributed by atoms with Crippen LogP contribution < -0.4 is 14.8 Å². The first-order chi connectivity index (χ1) is 11.0. The molecule has 2 rings (SSSR count). The first-order valence-corrected chi connectivity index (χ1v) is 7.43. The molecule has 0 aliphatic heterocycles. The number of hydrogen-bond acceptors (Lipinski definition) is 5. The van der Waals surface area contributed by atoms with Crippen molar-refractivity contribution in [1.29, 1.82) is 0 Å². The maximum absolute atomic E-state index is 11.9. The molecule has 0 radical (unpaired) electrons. The molecule has 0 aliphatic rings. The Kier molecular flexibility index (Phi) is 5.62. The molecule has 1 heterocycles. The summed E-state index contributed by atoms with van der Waals surface area (Å²) in [6.07, 6.45) is 0.970. The fraction of sp³-hybridized carbons (Fsp3) is 0.412. The zero-order valence-corrected chi connectivity index (χ0v) is 13.9. The van der Waals surface area contributed by atoms with Gasteiger partial charge in [0.15, 0.2) is 0 Å². The van der Waals surface area contributed by atoms with Gasteiger partial charge in [0, 0.05) is 12.5 Å². The summed E-state index contributed by atoms with van der Waals surface area (Å²) in [6, 6.07) is 5.60. The van der Waals surface area contributed by atoms with Gasteiger partial charge in [-0.25, -0.2) is 4.98 Å². The van der Waals surface area contributed by atoms with Crippen LogP contribution in [0.25, 0.3) is 0 Å². The number of amides is 1. The van der Waals surface area contributed by atoms with E-state index in [-0.39, 0.29) is 5.91 Å². The maximum atomic E-state index is 11.9. The predicted octanol–water partition coefficient (Wildman–Crippen LogP) is 2.56. The van der Waals surface area contributed by atoms with E-state index >= 15 is 0 Å². The quantitative estimate of drug-likeness (QED) is 0.849. The monoisotopic (exact) mass is 318 g/mol. The minimum atomic E-state index is -0.0553. The SMILES string of the molecule is COc1cc(CCC(=O)NCc2nc(C)c(C)o2)cc(OC)c1. The van der Waals surface area contributed by atoms with Crippen molar-refractivity contribution in [2.24, 2.45) is 0 Å². The first kappa shape index (κ1) is 16.9. The lowest BCUT2D eigenvalue weighted by atomic mass is 10.1. The summed E-state index contributed by atoms with van der Waals surface area (Å²) in [4.78, 5) is 16.2. The highest BCUT2D eigenvalue weighted by Crippen LogP contribution is 2.23. The number of rotatable bonds is 7. The number of carbonyl (C=O) groups is 1. The summed E-state index contributed by atoms with van der Waals surface area (Å²) in [7, 11) is 3.21. The molecule has 23 heavy (non-hydrogen) atoms. The lowest BCUT2D eigenvalue weighted by Gasteiger charge is -2.08. The third-order valence-corrected chi connectivity index (χ3v) is 3.56. The second-order valence-corrected chi connectivity index (χ2v) is 5.25. The van der Waals surface area contributed by atoms with E-state index in [1.165, 1.54) is 0 Å². The summed E-state index contributed by atoms with van der Waals surface area (Å²) in [6.45, 7) is 4.03. The number of aromatic nitrogens is 1. The van der Waals surface area contributed by atoms with Gasteiger partial charge in [-0.1, -0.05) is 0 Å². The first-order valence-electron chi connectivity index (χ1n) is 7.43. The number of ether oxygens (including phenoxy) is 2. The summed E-state index contributed by atoms with van der Waals surface area (Å²) >= 11 is 0. The van der Waals surface area contributed by atoms with Gasteiger partial charge in [-0.3, -0.25) is 4.79 Å². The number of methoxy groups -OCH3 is 2. The maximum Gasteiger partial charge on any atom is 0.220 e. The molecule has 0 saturated carbocycles. The van der Waals surface area contributed by atoms with Crippen LogP contribution in [0.2, 0.25) is 0 Å². The van der Waals surface area contributed by atoms with Crippen LogP contribution in [0.1, 0.15) is 29.3 Å². The van der Waals surface area contributed by atoms with Crippen molar-refractivity contribution in [2.75, 3.05) is 14.2 Å². The summed E-state index contributed by atoms with van der Waals surface area (Å²) in [5.74, 6) is 2.67. The molecule has 2 aromatic rings. The van der Waals surface area contributed by atoms with Gasteiger partial charge >= 0.3 is 0 Å². The summed E-state index contributed by atoms with van der Waals surface area (Å²) in [5, 5.41) is 2.81. The number of benzene rings is 1. The molecule has 6 heteroatoms. The third kappa shape index (κ3) is 4.74. The van der Waals surface area contributed by atoms with Gasteiger partial charge in [-0.05, 0) is 38.0 Å². The van der Waals surface area contributed by atoms with E-state index in [4.69, 9.17) is 13.9 Å². The molecular formula is C17H22N2O4. The van der Waals surface area contributed by atoms with Crippen LogP contribution in [0.3, 0.4) is 0 Å². The molecule has 0 fully saturated rings. The van der Waals surface area contributed by atoms with Crippen molar-refractivity contribution in [1.82, 2.24) is 10.3 Å². The van der Waals surface area contributed by atoms with Crippen molar-refractivity contribution in [3.8, 4) is 11.5 Å². The normalized spacial score (nSPS) is 10.4. The average molecular weight is 318 g/mol. The highest BCUT2D eigenvalue weighted by molar-refractivity contribution is 5.76. The van der Waals surface area contributed by atoms with Crippen molar-refractivity contribution < 1.29 is 18.7 Å². The molecule has 6 nitrogen and oxygen atoms in total. The second kappa shape index (κ2) is 7.67. The minimum Gasteiger partial charge on any atom is -0.497 e. The lowest BCUT2D eigenvalue weighted by Crippen LogP contribution is -2.23. The van der Waals surface area contributed by atoms with Crippen molar-refractivity contribution in [2.45, 2.75) is 33.2 Å². The average Bonchev–Trinajstić information content (AvgIpc) is 2.88. The van der Waals surface area contributed by atoms with Crippen LogP contribution in [0.15, 0.2) is 22.6 Å². The Bertz CT molecular complexity index is 637. The Labute approximate surface area is 135 Å². The van der Waals surface area contributed by atoms with E-state index in [2.05, 4.69) is 10.3 Å². The standard InChI is InChI=1S/C17H22N2O4/c1-11-12(2)23-17(19-11)10-18-16(20)6-5-13-7-14(21-3)9-15(8-13)22-4/h7-9H,5-6,10H2,1-4H3,(H,18,20). The molecule has 1 N–H and O–H groups in total. The zero-order valence-electron chi connectivity index (χ0n) is 13.9. The van der Waals surface area contributed by atoms with E-state index in [1.54, 1.807) is 20.3 Å². The number of nitrogens with one attached hydrogen (secondary N) is 1. The third-order valence-electron chi connectivity index (χ3n) is 3.56. The summed E-state index contributed by atoms with van der Waals surface area (Å²) < 4.78 is 15.9. The highest BCUT2D eigenvalue weighted by atomic mass is 16.5. The van der Waals surface area contributed by atoms with Gasteiger partial charge in [-0.15, -0.1) is 0 Å². The van der Waals surface area contributed by atoms with Crippen LogP contribution in [-0.4, -0.2) is 25.1 Å². The Hall–Kier alpha value is -2.50. The number of nitrogens with zero attached hydrogens (tertiary/aromatic N) is 1. The Morgan fingerprint density at radius 1 is 1.17 bits per heavy atom. The van der Waals surface area contributed by atoms with Crippen LogP contribution in [0, 0.1) is 13.8 Å². The number of hydrogen-bond donors (Lipinski definition) is 1. The number of aryl methyl sites for hydroxylation is 3. The van der Waals surface area contributed by atoms with E-state index in [0.29, 0.717) is 36.8 Å². The van der Waals surface area contributed by atoms with Crippen LogP contribution in [-0.2, 0) is 17.8 Å². The molecule has 0 spiro atoms. The Morgan fingerprint density at radius 2 is 1.83 bits per heavy atom. The molecule has 0 unspecified atom stereocenters. The van der Waals surface area contributed by atoms with Crippen LogP contribution in [0.5, 0.6) is 11.5 Å². The molecule has 0 atom stereocenters. The zero-order chi connectivity index (χ0) is 16.8. The molecule has 1 aromatic carbocycles. The van der Waals surface area contributed by atoms with E-state index in [1.807, 2.05) is 26.0 Å².